The second kappa shape index (κ2) is 4.96. The van der Waals surface area contributed by atoms with E-state index in [0.717, 1.165) is 23.2 Å². The molecule has 0 bridgehead atoms. The van der Waals surface area contributed by atoms with Gasteiger partial charge in [0.25, 0.3) is 0 Å². The zero-order valence-electron chi connectivity index (χ0n) is 9.75. The zero-order chi connectivity index (χ0) is 11.5. The molecule has 0 radical (unpaired) electrons. The highest BCUT2D eigenvalue weighted by atomic mass is 32.1. The average Bonchev–Trinajstić information content (AvgIpc) is 3.00. The van der Waals surface area contributed by atoms with Crippen LogP contribution in [-0.2, 0) is 6.54 Å². The van der Waals surface area contributed by atoms with Crippen molar-refractivity contribution >= 4 is 11.3 Å². The van der Waals surface area contributed by atoms with Gasteiger partial charge in [-0.1, -0.05) is 25.3 Å². The topological polar surface area (TPSA) is 43.6 Å². The van der Waals surface area contributed by atoms with Gasteiger partial charge >= 0.3 is 0 Å². The quantitative estimate of drug-likeness (QED) is 0.838. The Morgan fingerprint density at radius 2 is 2.18 bits per heavy atom. The Hall–Kier alpha value is -1.23. The second-order valence-corrected chi connectivity index (χ2v) is 5.60. The first-order chi connectivity index (χ1) is 8.42. The van der Waals surface area contributed by atoms with Crippen LogP contribution in [0.2, 0.25) is 0 Å². The minimum absolute atomic E-state index is 0.745. The molecule has 0 spiro atoms. The maximum Gasteiger partial charge on any atom is 0.214 e. The molecule has 0 aromatic carbocycles. The van der Waals surface area contributed by atoms with Crippen LogP contribution in [0, 0.1) is 5.92 Å². The Balaban J connectivity index is 1.68. The van der Waals surface area contributed by atoms with E-state index in [1.807, 2.05) is 17.5 Å². The van der Waals surface area contributed by atoms with Crippen LogP contribution in [0.1, 0.15) is 32.1 Å². The highest BCUT2D eigenvalue weighted by molar-refractivity contribution is 7.13. The van der Waals surface area contributed by atoms with Gasteiger partial charge in [-0.2, -0.15) is 4.80 Å². The van der Waals surface area contributed by atoms with Crippen molar-refractivity contribution in [2.75, 3.05) is 0 Å². The van der Waals surface area contributed by atoms with E-state index in [9.17, 15) is 0 Å². The molecule has 0 amide bonds. The van der Waals surface area contributed by atoms with E-state index in [4.69, 9.17) is 0 Å². The molecule has 0 N–H and O–H groups in total. The molecule has 4 nitrogen and oxygen atoms in total. The van der Waals surface area contributed by atoms with E-state index in [2.05, 4.69) is 15.4 Å². The lowest BCUT2D eigenvalue weighted by Crippen LogP contribution is -2.16. The van der Waals surface area contributed by atoms with Crippen molar-refractivity contribution in [2.45, 2.75) is 38.6 Å². The van der Waals surface area contributed by atoms with Gasteiger partial charge in [-0.15, -0.1) is 21.5 Å². The van der Waals surface area contributed by atoms with E-state index in [1.54, 1.807) is 16.1 Å². The van der Waals surface area contributed by atoms with Crippen molar-refractivity contribution in [1.29, 1.82) is 0 Å². The minimum Gasteiger partial charge on any atom is -0.164 e. The Labute approximate surface area is 105 Å². The van der Waals surface area contributed by atoms with Crippen LogP contribution in [0.4, 0.5) is 0 Å². The van der Waals surface area contributed by atoms with E-state index in [-0.39, 0.29) is 0 Å². The van der Waals surface area contributed by atoms with Crippen LogP contribution < -0.4 is 0 Å². The normalized spacial score (nSPS) is 17.4. The summed E-state index contributed by atoms with van der Waals surface area (Å²) < 4.78 is 0. The van der Waals surface area contributed by atoms with Crippen molar-refractivity contribution in [2.24, 2.45) is 5.92 Å². The zero-order valence-corrected chi connectivity index (χ0v) is 10.6. The number of hydrogen-bond acceptors (Lipinski definition) is 4. The van der Waals surface area contributed by atoms with Crippen molar-refractivity contribution in [3.8, 4) is 10.7 Å². The molecule has 2 aromatic rings. The molecular formula is C12H16N4S. The largest absolute Gasteiger partial charge is 0.214 e. The smallest absolute Gasteiger partial charge is 0.164 e. The SMILES string of the molecule is c1csc(-c2nnn(CC3CCCCC3)n2)c1. The van der Waals surface area contributed by atoms with Crippen molar-refractivity contribution in [3.05, 3.63) is 17.5 Å². The van der Waals surface area contributed by atoms with Crippen molar-refractivity contribution in [1.82, 2.24) is 20.2 Å². The van der Waals surface area contributed by atoms with Crippen molar-refractivity contribution in [3.63, 3.8) is 0 Å². The van der Waals surface area contributed by atoms with Gasteiger partial charge in [0.15, 0.2) is 0 Å². The fourth-order valence-electron chi connectivity index (χ4n) is 2.43. The fourth-order valence-corrected chi connectivity index (χ4v) is 3.07. The summed E-state index contributed by atoms with van der Waals surface area (Å²) in [7, 11) is 0. The monoisotopic (exact) mass is 248 g/mol. The van der Waals surface area contributed by atoms with Gasteiger partial charge in [-0.05, 0) is 35.4 Å². The highest BCUT2D eigenvalue weighted by Crippen LogP contribution is 2.25. The molecule has 0 atom stereocenters. The lowest BCUT2D eigenvalue weighted by Gasteiger charge is -2.20. The van der Waals surface area contributed by atoms with Crippen LogP contribution >= 0.6 is 11.3 Å². The third kappa shape index (κ3) is 2.54. The van der Waals surface area contributed by atoms with Gasteiger partial charge in [0.2, 0.25) is 5.82 Å². The summed E-state index contributed by atoms with van der Waals surface area (Å²) in [4.78, 5) is 2.87. The average molecular weight is 248 g/mol. The lowest BCUT2D eigenvalue weighted by molar-refractivity contribution is 0.291. The summed E-state index contributed by atoms with van der Waals surface area (Å²) in [5.74, 6) is 1.50. The number of nitrogens with zero attached hydrogens (tertiary/aromatic N) is 4. The minimum atomic E-state index is 0.745. The Morgan fingerprint density at radius 1 is 1.29 bits per heavy atom. The third-order valence-electron chi connectivity index (χ3n) is 3.34. The van der Waals surface area contributed by atoms with Crippen LogP contribution in [0.25, 0.3) is 10.7 Å². The Bertz CT molecular complexity index is 457. The summed E-state index contributed by atoms with van der Waals surface area (Å²) in [5.41, 5.74) is 0. The van der Waals surface area contributed by atoms with Gasteiger partial charge in [0, 0.05) is 0 Å². The van der Waals surface area contributed by atoms with Crippen LogP contribution in [0.3, 0.4) is 0 Å². The molecule has 5 heteroatoms. The second-order valence-electron chi connectivity index (χ2n) is 4.65. The maximum absolute atomic E-state index is 4.45. The molecule has 0 saturated heterocycles. The maximum atomic E-state index is 4.45. The Kier molecular flexibility index (Phi) is 3.18. The lowest BCUT2D eigenvalue weighted by atomic mass is 9.89. The van der Waals surface area contributed by atoms with Crippen molar-refractivity contribution < 1.29 is 0 Å². The summed E-state index contributed by atoms with van der Waals surface area (Å²) in [6.45, 7) is 0.929. The van der Waals surface area contributed by atoms with Gasteiger partial charge in [0.1, 0.15) is 0 Å². The first-order valence-corrected chi connectivity index (χ1v) is 7.11. The fraction of sp³-hybridized carbons (Fsp3) is 0.583. The van der Waals surface area contributed by atoms with Crippen LogP contribution in [-0.4, -0.2) is 20.2 Å². The first kappa shape index (κ1) is 10.9. The molecule has 1 saturated carbocycles. The van der Waals surface area contributed by atoms with E-state index in [1.165, 1.54) is 32.1 Å². The summed E-state index contributed by atoms with van der Waals surface area (Å²) in [5, 5.41) is 14.8. The first-order valence-electron chi connectivity index (χ1n) is 6.23. The third-order valence-corrected chi connectivity index (χ3v) is 4.21. The molecule has 0 aliphatic heterocycles. The summed E-state index contributed by atoms with van der Waals surface area (Å²) in [6, 6.07) is 4.05. The molecule has 2 aromatic heterocycles. The molecule has 3 rings (SSSR count). The van der Waals surface area contributed by atoms with Gasteiger partial charge < -0.3 is 0 Å². The van der Waals surface area contributed by atoms with Crippen LogP contribution in [0.5, 0.6) is 0 Å². The molecule has 1 fully saturated rings. The molecule has 17 heavy (non-hydrogen) atoms. The van der Waals surface area contributed by atoms with Gasteiger partial charge in [-0.25, -0.2) is 0 Å². The van der Waals surface area contributed by atoms with E-state index in [0.29, 0.717) is 0 Å². The van der Waals surface area contributed by atoms with E-state index < -0.39 is 0 Å². The Morgan fingerprint density at radius 3 is 2.94 bits per heavy atom. The summed E-state index contributed by atoms with van der Waals surface area (Å²) >= 11 is 1.66. The van der Waals surface area contributed by atoms with Crippen LogP contribution in [0.15, 0.2) is 17.5 Å². The molecule has 90 valence electrons. The van der Waals surface area contributed by atoms with E-state index >= 15 is 0 Å². The summed E-state index contributed by atoms with van der Waals surface area (Å²) in [6.07, 6.45) is 6.74. The number of tetrazole rings is 1. The standard InChI is InChI=1S/C12H16N4S/c1-2-5-10(6-3-1)9-16-14-12(13-15-16)11-7-4-8-17-11/h4,7-8,10H,1-3,5-6,9H2. The number of hydrogen-bond donors (Lipinski definition) is 0. The number of aromatic nitrogens is 4. The predicted octanol–water partition coefficient (Wildman–Crippen LogP) is 2.98. The molecule has 1 aliphatic rings. The number of rotatable bonds is 3. The molecule has 2 heterocycles. The number of thiophene rings is 1. The molecule has 0 unspecified atom stereocenters. The van der Waals surface area contributed by atoms with Gasteiger partial charge in [0.05, 0.1) is 11.4 Å². The molecular weight excluding hydrogens is 232 g/mol. The highest BCUT2D eigenvalue weighted by Gasteiger charge is 2.15. The molecule has 1 aliphatic carbocycles. The predicted molar refractivity (Wildman–Crippen MR) is 67.7 cm³/mol. The van der Waals surface area contributed by atoms with Gasteiger partial charge in [-0.3, -0.25) is 0 Å².